The van der Waals surface area contributed by atoms with Gasteiger partial charge < -0.3 is 15.0 Å². The van der Waals surface area contributed by atoms with Crippen molar-refractivity contribution in [2.45, 2.75) is 25.0 Å². The smallest absolute Gasteiger partial charge is 0.407 e. The van der Waals surface area contributed by atoms with Gasteiger partial charge in [-0.05, 0) is 42.3 Å². The van der Waals surface area contributed by atoms with Crippen molar-refractivity contribution < 1.29 is 18.7 Å². The molecule has 2 aromatic rings. The lowest BCUT2D eigenvalue weighted by Crippen LogP contribution is -2.53. The number of rotatable bonds is 3. The minimum atomic E-state index is -0.639. The first kappa shape index (κ1) is 16.4. The van der Waals surface area contributed by atoms with E-state index in [9.17, 15) is 14.0 Å². The molecular formula is C16H17FN6O3. The first-order valence-corrected chi connectivity index (χ1v) is 8.31. The Balaban J connectivity index is 1.42. The number of piperidine rings is 1. The van der Waals surface area contributed by atoms with E-state index in [1.54, 1.807) is 17.0 Å². The number of carbonyl (C=O) groups excluding carboxylic acids is 2. The van der Waals surface area contributed by atoms with Crippen molar-refractivity contribution >= 4 is 12.0 Å². The minimum Gasteiger partial charge on any atom is -0.439 e. The summed E-state index contributed by atoms with van der Waals surface area (Å²) in [6, 6.07) is 5.72. The fourth-order valence-electron chi connectivity index (χ4n) is 3.29. The largest absolute Gasteiger partial charge is 0.439 e. The molecule has 0 radical (unpaired) electrons. The van der Waals surface area contributed by atoms with Crippen LogP contribution in [0, 0.1) is 5.82 Å². The van der Waals surface area contributed by atoms with Gasteiger partial charge in [0.15, 0.2) is 0 Å². The number of amides is 2. The number of alkyl carbamates (subject to hydrolysis) is 1. The third kappa shape index (κ3) is 3.22. The van der Waals surface area contributed by atoms with E-state index in [1.165, 1.54) is 16.9 Å². The van der Waals surface area contributed by atoms with Crippen molar-refractivity contribution in [2.75, 3.05) is 19.6 Å². The van der Waals surface area contributed by atoms with Gasteiger partial charge in [0.25, 0.3) is 0 Å². The molecule has 2 amide bonds. The van der Waals surface area contributed by atoms with Crippen molar-refractivity contribution in [1.29, 1.82) is 0 Å². The minimum absolute atomic E-state index is 0.0638. The van der Waals surface area contributed by atoms with Crippen molar-refractivity contribution in [3.63, 3.8) is 0 Å². The zero-order valence-corrected chi connectivity index (χ0v) is 13.9. The number of carbonyl (C=O) groups is 2. The maximum Gasteiger partial charge on any atom is 0.407 e. The highest BCUT2D eigenvalue weighted by atomic mass is 19.1. The number of ether oxygens (including phenoxy) is 1. The molecule has 1 N–H and O–H groups in total. The number of hydrogen-bond donors (Lipinski definition) is 1. The van der Waals surface area contributed by atoms with Crippen LogP contribution < -0.4 is 5.32 Å². The molecule has 0 bridgehead atoms. The van der Waals surface area contributed by atoms with Crippen LogP contribution >= 0.6 is 0 Å². The van der Waals surface area contributed by atoms with E-state index in [0.29, 0.717) is 31.0 Å². The molecule has 1 aromatic heterocycles. The Morgan fingerprint density at radius 1 is 1.35 bits per heavy atom. The van der Waals surface area contributed by atoms with Gasteiger partial charge in [0.2, 0.25) is 11.7 Å². The number of likely N-dealkylation sites (tertiary alicyclic amines) is 1. The molecule has 0 aliphatic carbocycles. The molecular weight excluding hydrogens is 343 g/mol. The van der Waals surface area contributed by atoms with E-state index in [4.69, 9.17) is 4.74 Å². The normalized spacial score (nSPS) is 22.3. The highest BCUT2D eigenvalue weighted by Crippen LogP contribution is 2.28. The first-order chi connectivity index (χ1) is 12.5. The van der Waals surface area contributed by atoms with Gasteiger partial charge in [0.05, 0.1) is 13.1 Å². The number of nitrogens with zero attached hydrogens (tertiary/aromatic N) is 5. The summed E-state index contributed by atoms with van der Waals surface area (Å²) in [6.45, 7) is 1.29. The molecule has 10 heteroatoms. The molecule has 2 saturated heterocycles. The van der Waals surface area contributed by atoms with E-state index in [-0.39, 0.29) is 18.3 Å². The Labute approximate surface area is 148 Å². The third-order valence-electron chi connectivity index (χ3n) is 4.59. The molecule has 1 aromatic carbocycles. The fraction of sp³-hybridized carbons (Fsp3) is 0.438. The van der Waals surface area contributed by atoms with E-state index in [1.807, 2.05) is 0 Å². The SMILES string of the molecule is O=C1NC[C@@]2(CCCN(C(=O)Cn3nnc(-c4ccc(F)cc4)n3)C2)O1. The van der Waals surface area contributed by atoms with Crippen LogP contribution in [0.5, 0.6) is 0 Å². The lowest BCUT2D eigenvalue weighted by Gasteiger charge is -2.38. The molecule has 0 saturated carbocycles. The Kier molecular flexibility index (Phi) is 4.02. The molecule has 2 aliphatic heterocycles. The molecule has 9 nitrogen and oxygen atoms in total. The zero-order valence-electron chi connectivity index (χ0n) is 13.9. The van der Waals surface area contributed by atoms with Crippen LogP contribution in [0.1, 0.15) is 12.8 Å². The topological polar surface area (TPSA) is 102 Å². The van der Waals surface area contributed by atoms with Gasteiger partial charge in [0.1, 0.15) is 18.0 Å². The Morgan fingerprint density at radius 2 is 2.15 bits per heavy atom. The molecule has 0 unspecified atom stereocenters. The summed E-state index contributed by atoms with van der Waals surface area (Å²) in [5.74, 6) is -0.200. The highest BCUT2D eigenvalue weighted by molar-refractivity contribution is 5.76. The van der Waals surface area contributed by atoms with Crippen molar-refractivity contribution in [1.82, 2.24) is 30.4 Å². The van der Waals surface area contributed by atoms with Gasteiger partial charge in [-0.1, -0.05) is 0 Å². The van der Waals surface area contributed by atoms with Gasteiger partial charge in [0, 0.05) is 12.1 Å². The predicted molar refractivity (Wildman–Crippen MR) is 86.2 cm³/mol. The maximum atomic E-state index is 13.0. The number of aromatic nitrogens is 4. The lowest BCUT2D eigenvalue weighted by molar-refractivity contribution is -0.137. The van der Waals surface area contributed by atoms with Crippen LogP contribution in [0.2, 0.25) is 0 Å². The Bertz CT molecular complexity index is 839. The summed E-state index contributed by atoms with van der Waals surface area (Å²) in [5, 5.41) is 14.6. The molecule has 2 fully saturated rings. The number of benzene rings is 1. The molecule has 26 heavy (non-hydrogen) atoms. The quantitative estimate of drug-likeness (QED) is 0.859. The number of nitrogens with one attached hydrogen (secondary N) is 1. The van der Waals surface area contributed by atoms with Gasteiger partial charge in [-0.3, -0.25) is 4.79 Å². The second-order valence-corrected chi connectivity index (χ2v) is 6.50. The summed E-state index contributed by atoms with van der Waals surface area (Å²) in [5.41, 5.74) is -0.0222. The molecule has 2 aliphatic rings. The van der Waals surface area contributed by atoms with Crippen molar-refractivity contribution in [3.8, 4) is 11.4 Å². The Morgan fingerprint density at radius 3 is 2.88 bits per heavy atom. The van der Waals surface area contributed by atoms with Gasteiger partial charge >= 0.3 is 6.09 Å². The van der Waals surface area contributed by atoms with E-state index in [0.717, 1.165) is 12.8 Å². The van der Waals surface area contributed by atoms with Crippen LogP contribution in [0.3, 0.4) is 0 Å². The summed E-state index contributed by atoms with van der Waals surface area (Å²) in [4.78, 5) is 26.8. The average Bonchev–Trinajstić information content (AvgIpc) is 3.23. The van der Waals surface area contributed by atoms with Crippen molar-refractivity contribution in [3.05, 3.63) is 30.1 Å². The summed E-state index contributed by atoms with van der Waals surface area (Å²) < 4.78 is 18.4. The zero-order chi connectivity index (χ0) is 18.1. The lowest BCUT2D eigenvalue weighted by atomic mass is 9.93. The first-order valence-electron chi connectivity index (χ1n) is 8.31. The second-order valence-electron chi connectivity index (χ2n) is 6.50. The van der Waals surface area contributed by atoms with E-state index < -0.39 is 11.7 Å². The number of hydrogen-bond acceptors (Lipinski definition) is 6. The van der Waals surface area contributed by atoms with Gasteiger partial charge in [-0.15, -0.1) is 10.2 Å². The van der Waals surface area contributed by atoms with E-state index in [2.05, 4.69) is 20.7 Å². The predicted octanol–water partition coefficient (Wildman–Crippen LogP) is 0.580. The van der Waals surface area contributed by atoms with Crippen LogP contribution in [-0.4, -0.2) is 62.3 Å². The summed E-state index contributed by atoms with van der Waals surface area (Å²) in [6.07, 6.45) is 1.04. The molecule has 3 heterocycles. The van der Waals surface area contributed by atoms with Crippen LogP contribution in [0.4, 0.5) is 9.18 Å². The van der Waals surface area contributed by atoms with Gasteiger partial charge in [-0.25, -0.2) is 9.18 Å². The van der Waals surface area contributed by atoms with Crippen LogP contribution in [0.25, 0.3) is 11.4 Å². The van der Waals surface area contributed by atoms with Crippen LogP contribution in [-0.2, 0) is 16.1 Å². The molecule has 136 valence electrons. The van der Waals surface area contributed by atoms with E-state index >= 15 is 0 Å². The number of tetrazole rings is 1. The third-order valence-corrected chi connectivity index (χ3v) is 4.59. The summed E-state index contributed by atoms with van der Waals surface area (Å²) >= 11 is 0. The average molecular weight is 360 g/mol. The Hall–Kier alpha value is -3.04. The maximum absolute atomic E-state index is 13.0. The fourth-order valence-corrected chi connectivity index (χ4v) is 3.29. The number of halogens is 1. The molecule has 4 rings (SSSR count). The van der Waals surface area contributed by atoms with Crippen LogP contribution in [0.15, 0.2) is 24.3 Å². The van der Waals surface area contributed by atoms with Crippen molar-refractivity contribution in [2.24, 2.45) is 0 Å². The molecule has 1 atom stereocenters. The standard InChI is InChI=1S/C16H17FN6O3/c17-12-4-2-11(3-5-12)14-19-21-23(20-14)8-13(24)22-7-1-6-16(10-22)9-18-15(25)26-16/h2-5H,1,6-10H2,(H,18,25)/t16-/m1/s1. The molecule has 1 spiro atoms. The summed E-state index contributed by atoms with van der Waals surface area (Å²) in [7, 11) is 0. The second kappa shape index (κ2) is 6.36. The highest BCUT2D eigenvalue weighted by Gasteiger charge is 2.44. The van der Waals surface area contributed by atoms with Gasteiger partial charge in [-0.2, -0.15) is 4.80 Å². The monoisotopic (exact) mass is 360 g/mol.